The van der Waals surface area contributed by atoms with Gasteiger partial charge >= 0.3 is 0 Å². The summed E-state index contributed by atoms with van der Waals surface area (Å²) in [5, 5.41) is 0.905. The van der Waals surface area contributed by atoms with Gasteiger partial charge in [0.25, 0.3) is 0 Å². The molecule has 1 aromatic heterocycles. The van der Waals surface area contributed by atoms with Crippen molar-refractivity contribution in [2.24, 2.45) is 0 Å². The molecular weight excluding hydrogens is 256 g/mol. The minimum atomic E-state index is -0.129. The quantitative estimate of drug-likeness (QED) is 0.778. The van der Waals surface area contributed by atoms with E-state index in [9.17, 15) is 9.59 Å². The van der Waals surface area contributed by atoms with E-state index in [1.54, 1.807) is 32.1 Å². The normalized spacial score (nSPS) is 11.0. The topological polar surface area (TPSA) is 53.8 Å². The molecule has 0 unspecified atom stereocenters. The van der Waals surface area contributed by atoms with E-state index in [-0.39, 0.29) is 24.8 Å². The molecule has 5 nitrogen and oxygen atoms in total. The van der Waals surface area contributed by atoms with Gasteiger partial charge in [-0.2, -0.15) is 0 Å². The Labute approximate surface area is 117 Å². The van der Waals surface area contributed by atoms with Crippen LogP contribution in [-0.4, -0.2) is 55.7 Å². The van der Waals surface area contributed by atoms with Crippen LogP contribution < -0.4 is 0 Å². The third-order valence-electron chi connectivity index (χ3n) is 3.02. The predicted octanol–water partition coefficient (Wildman–Crippen LogP) is 1.64. The Morgan fingerprint density at radius 2 is 1.80 bits per heavy atom. The summed E-state index contributed by atoms with van der Waals surface area (Å²) in [5.74, 6) is 0.163. The highest BCUT2D eigenvalue weighted by Gasteiger charge is 2.16. The van der Waals surface area contributed by atoms with Crippen LogP contribution in [0.4, 0.5) is 0 Å². The molecule has 2 aromatic rings. The summed E-state index contributed by atoms with van der Waals surface area (Å²) < 4.78 is 5.51. The fraction of sp³-hybridized carbons (Fsp3) is 0.333. The number of rotatable bonds is 5. The zero-order chi connectivity index (χ0) is 14.7. The number of carbonyl (C=O) groups excluding carboxylic acids is 2. The maximum absolute atomic E-state index is 12.1. The summed E-state index contributed by atoms with van der Waals surface area (Å²) in [7, 11) is 5.12. The summed E-state index contributed by atoms with van der Waals surface area (Å²) in [5.41, 5.74) is 0.697. The molecule has 0 spiro atoms. The lowest BCUT2D eigenvalue weighted by Crippen LogP contribution is -2.36. The first-order valence-corrected chi connectivity index (χ1v) is 6.38. The summed E-state index contributed by atoms with van der Waals surface area (Å²) >= 11 is 0. The van der Waals surface area contributed by atoms with Gasteiger partial charge in [-0.3, -0.25) is 14.5 Å². The van der Waals surface area contributed by atoms with Crippen molar-refractivity contribution >= 4 is 22.7 Å². The third kappa shape index (κ3) is 3.24. The van der Waals surface area contributed by atoms with Crippen molar-refractivity contribution in [1.29, 1.82) is 0 Å². The molecule has 20 heavy (non-hydrogen) atoms. The van der Waals surface area contributed by atoms with Crippen LogP contribution in [0.2, 0.25) is 0 Å². The van der Waals surface area contributed by atoms with E-state index < -0.39 is 0 Å². The number of amides is 1. The number of hydrogen-bond donors (Lipinski definition) is 0. The minimum absolute atomic E-state index is 0.0371. The average Bonchev–Trinajstić information content (AvgIpc) is 2.82. The molecule has 0 N–H and O–H groups in total. The van der Waals surface area contributed by atoms with Gasteiger partial charge in [-0.25, -0.2) is 0 Å². The molecule has 0 aliphatic carbocycles. The largest absolute Gasteiger partial charge is 0.453 e. The SMILES string of the molecule is CN(CC(=O)c1cc2ccccc2o1)CC(=O)N(C)C. The molecule has 1 heterocycles. The van der Waals surface area contributed by atoms with Crippen LogP contribution in [0.3, 0.4) is 0 Å². The van der Waals surface area contributed by atoms with Crippen molar-refractivity contribution in [2.45, 2.75) is 0 Å². The second-order valence-corrected chi connectivity index (χ2v) is 5.03. The summed E-state index contributed by atoms with van der Waals surface area (Å²) in [4.78, 5) is 26.9. The van der Waals surface area contributed by atoms with Crippen LogP contribution in [-0.2, 0) is 4.79 Å². The first-order valence-electron chi connectivity index (χ1n) is 6.38. The van der Waals surface area contributed by atoms with E-state index in [2.05, 4.69) is 0 Å². The lowest BCUT2D eigenvalue weighted by atomic mass is 10.2. The molecular formula is C15H18N2O3. The highest BCUT2D eigenvalue weighted by molar-refractivity contribution is 5.99. The van der Waals surface area contributed by atoms with Crippen molar-refractivity contribution in [1.82, 2.24) is 9.80 Å². The molecule has 0 aliphatic rings. The standard InChI is InChI=1S/C15H18N2O3/c1-16(2)15(19)10-17(3)9-12(18)14-8-11-6-4-5-7-13(11)20-14/h4-8H,9-10H2,1-3H3. The molecule has 0 atom stereocenters. The molecule has 1 amide bonds. The lowest BCUT2D eigenvalue weighted by molar-refractivity contribution is -0.129. The van der Waals surface area contributed by atoms with Crippen LogP contribution in [0, 0.1) is 0 Å². The van der Waals surface area contributed by atoms with Crippen LogP contribution in [0.1, 0.15) is 10.6 Å². The van der Waals surface area contributed by atoms with Gasteiger partial charge in [0.05, 0.1) is 13.1 Å². The number of para-hydroxylation sites is 1. The second kappa shape index (κ2) is 5.88. The number of nitrogens with zero attached hydrogens (tertiary/aromatic N) is 2. The Balaban J connectivity index is 2.02. The van der Waals surface area contributed by atoms with Crippen LogP contribution in [0.5, 0.6) is 0 Å². The van der Waals surface area contributed by atoms with Crippen molar-refractivity contribution < 1.29 is 14.0 Å². The van der Waals surface area contributed by atoms with Crippen molar-refractivity contribution in [3.63, 3.8) is 0 Å². The third-order valence-corrected chi connectivity index (χ3v) is 3.02. The number of benzene rings is 1. The number of furan rings is 1. The number of hydrogen-bond acceptors (Lipinski definition) is 4. The van der Waals surface area contributed by atoms with Gasteiger partial charge in [0.1, 0.15) is 5.58 Å². The summed E-state index contributed by atoms with van der Waals surface area (Å²) in [6, 6.07) is 9.22. The zero-order valence-corrected chi connectivity index (χ0v) is 11.9. The second-order valence-electron chi connectivity index (χ2n) is 5.03. The molecule has 0 fully saturated rings. The molecule has 1 aromatic carbocycles. The van der Waals surface area contributed by atoms with Gasteiger partial charge < -0.3 is 9.32 Å². The maximum atomic E-state index is 12.1. The number of ketones is 1. The van der Waals surface area contributed by atoms with Gasteiger partial charge in [-0.1, -0.05) is 18.2 Å². The number of carbonyl (C=O) groups is 2. The van der Waals surface area contributed by atoms with E-state index in [1.807, 2.05) is 24.3 Å². The zero-order valence-electron chi connectivity index (χ0n) is 11.9. The van der Waals surface area contributed by atoms with Gasteiger partial charge in [0.2, 0.25) is 11.7 Å². The van der Waals surface area contributed by atoms with Crippen LogP contribution >= 0.6 is 0 Å². The smallest absolute Gasteiger partial charge is 0.236 e. The highest BCUT2D eigenvalue weighted by Crippen LogP contribution is 2.19. The van der Waals surface area contributed by atoms with E-state index in [4.69, 9.17) is 4.42 Å². The van der Waals surface area contributed by atoms with Gasteiger partial charge in [-0.15, -0.1) is 0 Å². The van der Waals surface area contributed by atoms with E-state index in [1.165, 1.54) is 4.90 Å². The van der Waals surface area contributed by atoms with Crippen molar-refractivity contribution in [2.75, 3.05) is 34.2 Å². The first kappa shape index (κ1) is 14.3. The van der Waals surface area contributed by atoms with Crippen molar-refractivity contribution in [3.05, 3.63) is 36.1 Å². The van der Waals surface area contributed by atoms with Gasteiger partial charge in [0, 0.05) is 19.5 Å². The van der Waals surface area contributed by atoms with E-state index in [0.29, 0.717) is 11.3 Å². The lowest BCUT2D eigenvalue weighted by Gasteiger charge is -2.17. The fourth-order valence-electron chi connectivity index (χ4n) is 1.87. The highest BCUT2D eigenvalue weighted by atomic mass is 16.3. The van der Waals surface area contributed by atoms with Crippen LogP contribution in [0.15, 0.2) is 34.7 Å². The van der Waals surface area contributed by atoms with E-state index in [0.717, 1.165) is 5.39 Å². The minimum Gasteiger partial charge on any atom is -0.453 e. The molecule has 2 rings (SSSR count). The molecule has 106 valence electrons. The molecule has 0 aliphatic heterocycles. The van der Waals surface area contributed by atoms with Gasteiger partial charge in [-0.05, 0) is 19.2 Å². The molecule has 0 bridgehead atoms. The molecule has 0 saturated heterocycles. The number of likely N-dealkylation sites (N-methyl/N-ethyl adjacent to an activating group) is 2. The Bertz CT molecular complexity index is 598. The van der Waals surface area contributed by atoms with Gasteiger partial charge in [0.15, 0.2) is 5.76 Å². The van der Waals surface area contributed by atoms with Crippen LogP contribution in [0.25, 0.3) is 11.0 Å². The Morgan fingerprint density at radius 3 is 2.45 bits per heavy atom. The molecule has 0 radical (unpaired) electrons. The number of fused-ring (bicyclic) bond motifs is 1. The van der Waals surface area contributed by atoms with Crippen molar-refractivity contribution in [3.8, 4) is 0 Å². The predicted molar refractivity (Wildman–Crippen MR) is 76.7 cm³/mol. The summed E-state index contributed by atoms with van der Waals surface area (Å²) in [6.45, 7) is 0.359. The Morgan fingerprint density at radius 1 is 1.10 bits per heavy atom. The first-order chi connectivity index (χ1) is 9.47. The Hall–Kier alpha value is -2.14. The number of Topliss-reactive ketones (excluding diaryl/α,β-unsaturated/α-hetero) is 1. The average molecular weight is 274 g/mol. The maximum Gasteiger partial charge on any atom is 0.236 e. The van der Waals surface area contributed by atoms with E-state index >= 15 is 0 Å². The Kier molecular flexibility index (Phi) is 4.20. The summed E-state index contributed by atoms with van der Waals surface area (Å²) in [6.07, 6.45) is 0. The monoisotopic (exact) mass is 274 g/mol. The molecule has 5 heteroatoms. The fourth-order valence-corrected chi connectivity index (χ4v) is 1.87. The molecule has 0 saturated carbocycles.